The quantitative estimate of drug-likeness (QED) is 0.776. The number of alkyl halides is 1. The van der Waals surface area contributed by atoms with Crippen LogP contribution in [-0.2, 0) is 0 Å². The number of rotatable bonds is 4. The van der Waals surface area contributed by atoms with Crippen LogP contribution >= 0.6 is 0 Å². The lowest BCUT2D eigenvalue weighted by Gasteiger charge is -2.24. The molecular weight excluding hydrogens is 225 g/mol. The van der Waals surface area contributed by atoms with Crippen LogP contribution < -0.4 is 0 Å². The van der Waals surface area contributed by atoms with E-state index >= 15 is 0 Å². The summed E-state index contributed by atoms with van der Waals surface area (Å²) < 4.78 is 12.3. The number of hydrogen-bond donors (Lipinski definition) is 0. The van der Waals surface area contributed by atoms with Crippen LogP contribution in [0.4, 0.5) is 4.39 Å². The Morgan fingerprint density at radius 1 is 1.11 bits per heavy atom. The zero-order valence-corrected chi connectivity index (χ0v) is 11.1. The Balaban J connectivity index is 2.11. The van der Waals surface area contributed by atoms with Crippen molar-refractivity contribution in [3.05, 3.63) is 53.2 Å². The summed E-state index contributed by atoms with van der Waals surface area (Å²) in [5.41, 5.74) is 5.18. The van der Waals surface area contributed by atoms with E-state index < -0.39 is 0 Å². The van der Waals surface area contributed by atoms with Crippen LogP contribution in [0.2, 0.25) is 0 Å². The Morgan fingerprint density at radius 3 is 2.39 bits per heavy atom. The summed E-state index contributed by atoms with van der Waals surface area (Å²) >= 11 is 0. The molecule has 0 heterocycles. The summed E-state index contributed by atoms with van der Waals surface area (Å²) in [5, 5.41) is 0. The monoisotopic (exact) mass is 245 g/mol. The third-order valence-corrected chi connectivity index (χ3v) is 3.46. The SMILES string of the molecule is Cc1ccc(C2=CC=C(N(C)CCF)CC2)cc1. The number of nitrogens with zero attached hydrogens (tertiary/aromatic N) is 1. The Bertz CT molecular complexity index is 456. The van der Waals surface area contributed by atoms with Gasteiger partial charge in [-0.3, -0.25) is 0 Å². The van der Waals surface area contributed by atoms with Crippen molar-refractivity contribution in [2.24, 2.45) is 0 Å². The third kappa shape index (κ3) is 3.00. The van der Waals surface area contributed by atoms with Crippen molar-refractivity contribution in [1.29, 1.82) is 0 Å². The maximum Gasteiger partial charge on any atom is 0.107 e. The summed E-state index contributed by atoms with van der Waals surface area (Å²) in [6, 6.07) is 8.63. The molecule has 96 valence electrons. The molecule has 18 heavy (non-hydrogen) atoms. The fraction of sp³-hybridized carbons (Fsp3) is 0.375. The van der Waals surface area contributed by atoms with E-state index in [0.717, 1.165) is 12.8 Å². The van der Waals surface area contributed by atoms with Gasteiger partial charge in [-0.1, -0.05) is 35.9 Å². The summed E-state index contributed by atoms with van der Waals surface area (Å²) in [7, 11) is 1.95. The molecule has 1 nitrogen and oxygen atoms in total. The minimum absolute atomic E-state index is 0.289. The smallest absolute Gasteiger partial charge is 0.107 e. The van der Waals surface area contributed by atoms with E-state index in [2.05, 4.69) is 43.3 Å². The molecule has 0 aromatic heterocycles. The highest BCUT2D eigenvalue weighted by Gasteiger charge is 2.11. The van der Waals surface area contributed by atoms with Gasteiger partial charge in [0, 0.05) is 19.3 Å². The largest absolute Gasteiger partial charge is 0.375 e. The molecule has 0 atom stereocenters. The lowest BCUT2D eigenvalue weighted by molar-refractivity contribution is 0.342. The maximum atomic E-state index is 12.3. The Kier molecular flexibility index (Phi) is 4.19. The molecule has 0 radical (unpaired) electrons. The van der Waals surface area contributed by atoms with Crippen molar-refractivity contribution >= 4 is 5.57 Å². The second-order valence-electron chi connectivity index (χ2n) is 4.83. The molecule has 0 saturated heterocycles. The minimum Gasteiger partial charge on any atom is -0.375 e. The van der Waals surface area contributed by atoms with Gasteiger partial charge in [-0.2, -0.15) is 0 Å². The summed E-state index contributed by atoms with van der Waals surface area (Å²) in [5.74, 6) is 0. The molecule has 1 aromatic carbocycles. The summed E-state index contributed by atoms with van der Waals surface area (Å²) in [6.45, 7) is 2.30. The molecule has 1 aliphatic carbocycles. The van der Waals surface area contributed by atoms with E-state index in [1.54, 1.807) is 0 Å². The molecule has 0 spiro atoms. The van der Waals surface area contributed by atoms with Gasteiger partial charge in [0.1, 0.15) is 6.67 Å². The normalized spacial score (nSPS) is 15.1. The first-order chi connectivity index (χ1) is 8.70. The molecule has 0 saturated carbocycles. The van der Waals surface area contributed by atoms with E-state index in [4.69, 9.17) is 0 Å². The lowest BCUT2D eigenvalue weighted by atomic mass is 9.95. The van der Waals surface area contributed by atoms with Crippen molar-refractivity contribution < 1.29 is 4.39 Å². The molecule has 1 aromatic rings. The predicted octanol–water partition coefficient (Wildman–Crippen LogP) is 3.96. The highest BCUT2D eigenvalue weighted by molar-refractivity contribution is 5.68. The van der Waals surface area contributed by atoms with Crippen molar-refractivity contribution in [2.45, 2.75) is 19.8 Å². The highest BCUT2D eigenvalue weighted by Crippen LogP contribution is 2.27. The van der Waals surface area contributed by atoms with Crippen LogP contribution in [-0.4, -0.2) is 25.2 Å². The van der Waals surface area contributed by atoms with Crippen LogP contribution in [0.25, 0.3) is 5.57 Å². The van der Waals surface area contributed by atoms with Crippen LogP contribution in [0.5, 0.6) is 0 Å². The van der Waals surface area contributed by atoms with Crippen molar-refractivity contribution in [3.8, 4) is 0 Å². The second-order valence-corrected chi connectivity index (χ2v) is 4.83. The first-order valence-corrected chi connectivity index (χ1v) is 6.44. The van der Waals surface area contributed by atoms with Crippen LogP contribution in [0.15, 0.2) is 42.1 Å². The fourth-order valence-corrected chi connectivity index (χ4v) is 2.22. The van der Waals surface area contributed by atoms with E-state index in [9.17, 15) is 4.39 Å². The molecular formula is C16H20FN. The number of hydrogen-bond acceptors (Lipinski definition) is 1. The average molecular weight is 245 g/mol. The number of benzene rings is 1. The number of aryl methyl sites for hydroxylation is 1. The summed E-state index contributed by atoms with van der Waals surface area (Å²) in [4.78, 5) is 2.00. The standard InChI is InChI=1S/C16H20FN/c1-13-3-5-14(6-4-13)15-7-9-16(10-8-15)18(2)12-11-17/h3-7,9H,8,10-12H2,1-2H3. The molecule has 2 heteroatoms. The van der Waals surface area contributed by atoms with Gasteiger partial charge in [0.05, 0.1) is 0 Å². The average Bonchev–Trinajstić information content (AvgIpc) is 2.40. The zero-order chi connectivity index (χ0) is 13.0. The third-order valence-electron chi connectivity index (χ3n) is 3.46. The molecule has 0 fully saturated rings. The molecule has 1 aliphatic rings. The van der Waals surface area contributed by atoms with Gasteiger partial charge in [0.2, 0.25) is 0 Å². The molecule has 0 bridgehead atoms. The Hall–Kier alpha value is -1.57. The topological polar surface area (TPSA) is 3.24 Å². The Labute approximate surface area is 109 Å². The predicted molar refractivity (Wildman–Crippen MR) is 75.1 cm³/mol. The maximum absolute atomic E-state index is 12.3. The first-order valence-electron chi connectivity index (χ1n) is 6.44. The van der Waals surface area contributed by atoms with Crippen LogP contribution in [0.1, 0.15) is 24.0 Å². The molecule has 0 N–H and O–H groups in total. The van der Waals surface area contributed by atoms with Gasteiger partial charge < -0.3 is 4.90 Å². The van der Waals surface area contributed by atoms with E-state index in [1.807, 2.05) is 11.9 Å². The van der Waals surface area contributed by atoms with Gasteiger partial charge in [-0.05, 0) is 37.0 Å². The molecule has 2 rings (SSSR count). The van der Waals surface area contributed by atoms with Crippen LogP contribution in [0.3, 0.4) is 0 Å². The summed E-state index contributed by atoms with van der Waals surface area (Å²) in [6.07, 6.45) is 6.31. The molecule has 0 aliphatic heterocycles. The minimum atomic E-state index is -0.289. The fourth-order valence-electron chi connectivity index (χ4n) is 2.22. The van der Waals surface area contributed by atoms with Crippen molar-refractivity contribution in [3.63, 3.8) is 0 Å². The van der Waals surface area contributed by atoms with Gasteiger partial charge in [0.25, 0.3) is 0 Å². The van der Waals surface area contributed by atoms with Crippen molar-refractivity contribution in [2.75, 3.05) is 20.3 Å². The van der Waals surface area contributed by atoms with E-state index in [1.165, 1.54) is 22.4 Å². The molecule has 0 amide bonds. The second kappa shape index (κ2) is 5.85. The lowest BCUT2D eigenvalue weighted by Crippen LogP contribution is -2.21. The van der Waals surface area contributed by atoms with E-state index in [0.29, 0.717) is 6.54 Å². The number of halogens is 1. The van der Waals surface area contributed by atoms with Crippen LogP contribution in [0, 0.1) is 6.92 Å². The molecule has 0 unspecified atom stereocenters. The van der Waals surface area contributed by atoms with Gasteiger partial charge >= 0.3 is 0 Å². The van der Waals surface area contributed by atoms with Crippen molar-refractivity contribution in [1.82, 2.24) is 4.90 Å². The van der Waals surface area contributed by atoms with Gasteiger partial charge in [-0.25, -0.2) is 4.39 Å². The van der Waals surface area contributed by atoms with Gasteiger partial charge in [0.15, 0.2) is 0 Å². The first kappa shape index (κ1) is 12.9. The Morgan fingerprint density at radius 2 is 1.83 bits per heavy atom. The van der Waals surface area contributed by atoms with Gasteiger partial charge in [-0.15, -0.1) is 0 Å². The zero-order valence-electron chi connectivity index (χ0n) is 11.1. The number of allylic oxidation sites excluding steroid dienone is 4. The highest BCUT2D eigenvalue weighted by atomic mass is 19.1. The van der Waals surface area contributed by atoms with E-state index in [-0.39, 0.29) is 6.67 Å².